The van der Waals surface area contributed by atoms with Gasteiger partial charge in [0, 0.05) is 155 Å². The molecule has 4 fully saturated rings. The number of fused-ring (bicyclic) bond motifs is 1. The molecule has 4 atom stereocenters. The monoisotopic (exact) mass is 1300 g/mol. The Morgan fingerprint density at radius 2 is 1.27 bits per heavy atom. The number of rotatable bonds is 28. The molecule has 7 rings (SSSR count). The van der Waals surface area contributed by atoms with Crippen LogP contribution in [0.2, 0.25) is 0 Å². The standard InChI is InChI=1S/C59H92FN9O5.C17H20FNO/c1-13-51(58(74)64(12)26-20-50-23-29-65(30-24-50)38-53-33-61-44(4)35-67(53)37-46(6)70)15-14-16-56(72)63(11)25-19-49-21-27-66(28-22-49)39-54-34-62-45(5)36-68(54)40-57(73)69-41-59(9,10)47(7)55(69)32-52(48(8)71)31-42(2)17-18-43(3)60;1-11(5-6-12(2)18)9-14-10-13-7-8-17(3,4)15(13)19-16(14)20/h13-18,32,44-45,49-50,53-54,61-62H,1-3,19-31,33-41H2,4-12H3;5-6,10H,1-2,7-9H2,3-4H3,(H,19,20)/b16-14+,18-17-,51-15+,52-32-;6-5-/t44-,45-,53?,54?;/m1./s1. The lowest BCUT2D eigenvalue weighted by molar-refractivity contribution is -0.131. The van der Waals surface area contributed by atoms with Crippen molar-refractivity contribution in [1.29, 1.82) is 0 Å². The van der Waals surface area contributed by atoms with Gasteiger partial charge in [0.05, 0.1) is 13.1 Å². The summed E-state index contributed by atoms with van der Waals surface area (Å²) in [6, 6.07) is 3.09. The number of piperidine rings is 2. The molecule has 18 heteroatoms. The number of hydrogen-bond acceptors (Lipinski definition) is 12. The molecule has 16 nitrogen and oxygen atoms in total. The zero-order valence-electron chi connectivity index (χ0n) is 58.8. The normalized spacial score (nSPS) is 22.8. The number of halogens is 2. The summed E-state index contributed by atoms with van der Waals surface area (Å²) in [7, 11) is 3.67. The van der Waals surface area contributed by atoms with Crippen molar-refractivity contribution < 1.29 is 32.8 Å². The van der Waals surface area contributed by atoms with E-state index in [1.807, 2.05) is 38.1 Å². The lowest BCUT2D eigenvalue weighted by Crippen LogP contribution is -2.61. The zero-order valence-corrected chi connectivity index (χ0v) is 58.8. The molecule has 516 valence electrons. The first kappa shape index (κ1) is 76.5. The number of nitrogens with zero attached hydrogens (tertiary/aromatic N) is 7. The maximum absolute atomic E-state index is 14.3. The SMILES string of the molecule is C=C(F)/C=C\C(=C)Cc1cc2c([nH]c1=O)C(C)(C)CC2.C=C/C(=C\C=C\C(=O)N(C)CCC1CCN(CC2CN[C@H](C)CN2CC(=O)N2CC(C)(C)C(C)=C2/C=C(/CC(=C)/C=C\C(=C)F)C(C)=O)CC1)C(=O)N(C)CCC1CCN(CC2CN[C@H](C)CN2CC(C)=O)CC1. The Bertz CT molecular complexity index is 3190. The van der Waals surface area contributed by atoms with E-state index in [9.17, 15) is 37.5 Å². The Balaban J connectivity index is 0.000000592. The van der Waals surface area contributed by atoms with Crippen molar-refractivity contribution in [2.24, 2.45) is 17.3 Å². The van der Waals surface area contributed by atoms with E-state index < -0.39 is 11.7 Å². The van der Waals surface area contributed by atoms with Crippen LogP contribution in [0.5, 0.6) is 0 Å². The number of aryl methyl sites for hydroxylation is 1. The Hall–Kier alpha value is -6.54. The molecule has 3 amide bonds. The van der Waals surface area contributed by atoms with Gasteiger partial charge in [-0.25, -0.2) is 8.78 Å². The van der Waals surface area contributed by atoms with Crippen LogP contribution in [0.4, 0.5) is 8.78 Å². The molecule has 4 saturated heterocycles. The van der Waals surface area contributed by atoms with Crippen LogP contribution in [0.25, 0.3) is 0 Å². The number of likely N-dealkylation sites (N-methyl/N-ethyl adjacent to an activating group) is 2. The van der Waals surface area contributed by atoms with Crippen molar-refractivity contribution in [2.45, 2.75) is 156 Å². The van der Waals surface area contributed by atoms with Gasteiger partial charge in [-0.05, 0) is 166 Å². The fourth-order valence-corrected chi connectivity index (χ4v) is 13.8. The summed E-state index contributed by atoms with van der Waals surface area (Å²) in [6.07, 6.45) is 22.7. The van der Waals surface area contributed by atoms with E-state index in [0.717, 1.165) is 134 Å². The van der Waals surface area contributed by atoms with Crippen LogP contribution in [0.15, 0.2) is 144 Å². The predicted octanol–water partition coefficient (Wildman–Crippen LogP) is 10.1. The summed E-state index contributed by atoms with van der Waals surface area (Å²) in [4.78, 5) is 95.8. The molecule has 1 aromatic heterocycles. The zero-order chi connectivity index (χ0) is 69.2. The molecular formula is C76H112F2N10O6. The first-order valence-electron chi connectivity index (χ1n) is 34.1. The number of H-pyrrole nitrogens is 1. The lowest BCUT2D eigenvalue weighted by Gasteiger charge is -2.43. The van der Waals surface area contributed by atoms with Crippen molar-refractivity contribution >= 4 is 29.3 Å². The molecule has 6 heterocycles. The second-order valence-electron chi connectivity index (χ2n) is 29.0. The van der Waals surface area contributed by atoms with Gasteiger partial charge < -0.3 is 40.1 Å². The number of ketones is 2. The first-order valence-corrected chi connectivity index (χ1v) is 34.1. The van der Waals surface area contributed by atoms with Crippen molar-refractivity contribution in [1.82, 2.24) is 49.9 Å². The number of carbonyl (C=O) groups is 5. The minimum absolute atomic E-state index is 0.00819. The topological polar surface area (TPSA) is 165 Å². The second kappa shape index (κ2) is 35.5. The lowest BCUT2D eigenvalue weighted by atomic mass is 9.87. The number of Topliss-reactive ketones (excluding diaryl/α,β-unsaturated/α-hetero) is 2. The third kappa shape index (κ3) is 23.1. The van der Waals surface area contributed by atoms with Gasteiger partial charge in [0.25, 0.3) is 11.5 Å². The fraction of sp³-hybridized carbons (Fsp3) is 0.579. The highest BCUT2D eigenvalue weighted by Crippen LogP contribution is 2.40. The van der Waals surface area contributed by atoms with Gasteiger partial charge in [0.15, 0.2) is 5.78 Å². The molecule has 0 radical (unpaired) electrons. The quantitative estimate of drug-likeness (QED) is 0.0538. The van der Waals surface area contributed by atoms with Crippen molar-refractivity contribution in [3.8, 4) is 0 Å². The van der Waals surface area contributed by atoms with Gasteiger partial charge in [-0.2, -0.15) is 0 Å². The maximum Gasteiger partial charge on any atom is 0.253 e. The van der Waals surface area contributed by atoms with E-state index in [1.165, 1.54) is 36.8 Å². The fourth-order valence-electron chi connectivity index (χ4n) is 13.8. The van der Waals surface area contributed by atoms with Crippen LogP contribution < -0.4 is 16.2 Å². The van der Waals surface area contributed by atoms with Gasteiger partial charge >= 0.3 is 0 Å². The number of pyridine rings is 1. The van der Waals surface area contributed by atoms with Crippen LogP contribution in [-0.4, -0.2) is 205 Å². The number of hydrogen-bond donors (Lipinski definition) is 3. The summed E-state index contributed by atoms with van der Waals surface area (Å²) >= 11 is 0. The number of allylic oxidation sites excluding steroid dienone is 12. The molecule has 1 aromatic rings. The van der Waals surface area contributed by atoms with Gasteiger partial charge in [0.1, 0.15) is 17.4 Å². The molecule has 6 aliphatic rings. The van der Waals surface area contributed by atoms with Gasteiger partial charge in [0.2, 0.25) is 11.8 Å². The van der Waals surface area contributed by atoms with E-state index in [4.69, 9.17) is 0 Å². The molecule has 3 N–H and O–H groups in total. The predicted molar refractivity (Wildman–Crippen MR) is 377 cm³/mol. The van der Waals surface area contributed by atoms with E-state index in [1.54, 1.807) is 41.0 Å². The first-order chi connectivity index (χ1) is 44.3. The smallest absolute Gasteiger partial charge is 0.253 e. The molecule has 0 bridgehead atoms. The molecule has 1 aliphatic carbocycles. The molecule has 94 heavy (non-hydrogen) atoms. The number of aromatic nitrogens is 1. The minimum atomic E-state index is -0.586. The summed E-state index contributed by atoms with van der Waals surface area (Å²) in [5.74, 6) is -0.148. The second-order valence-corrected chi connectivity index (χ2v) is 29.0. The molecule has 0 aromatic carbocycles. The van der Waals surface area contributed by atoms with E-state index in [0.29, 0.717) is 84.4 Å². The Morgan fingerprint density at radius 3 is 1.79 bits per heavy atom. The third-order valence-electron chi connectivity index (χ3n) is 20.1. The molecule has 0 saturated carbocycles. The van der Waals surface area contributed by atoms with Crippen LogP contribution in [0.1, 0.15) is 131 Å². The number of likely N-dealkylation sites (tertiary alicyclic amines) is 2. The average Bonchev–Trinajstić information content (AvgIpc) is 1.63. The van der Waals surface area contributed by atoms with E-state index in [-0.39, 0.29) is 70.7 Å². The van der Waals surface area contributed by atoms with Crippen LogP contribution in [0, 0.1) is 17.3 Å². The Kier molecular flexibility index (Phi) is 28.8. The number of carbonyl (C=O) groups excluding carboxylic acids is 5. The average molecular weight is 1300 g/mol. The highest BCUT2D eigenvalue weighted by Gasteiger charge is 2.40. The summed E-state index contributed by atoms with van der Waals surface area (Å²) in [5, 5.41) is 7.23. The number of piperazine rings is 2. The highest BCUT2D eigenvalue weighted by molar-refractivity contribution is 5.97. The number of aromatic amines is 1. The molecule has 2 unspecified atom stereocenters. The van der Waals surface area contributed by atoms with Crippen molar-refractivity contribution in [3.63, 3.8) is 0 Å². The summed E-state index contributed by atoms with van der Waals surface area (Å²) in [5.41, 5.74) is 6.65. The Morgan fingerprint density at radius 1 is 0.734 bits per heavy atom. The summed E-state index contributed by atoms with van der Waals surface area (Å²) < 4.78 is 25.9. The van der Waals surface area contributed by atoms with Crippen molar-refractivity contribution in [3.05, 3.63) is 166 Å². The van der Waals surface area contributed by atoms with Gasteiger partial charge in [-0.15, -0.1) is 0 Å². The van der Waals surface area contributed by atoms with Crippen LogP contribution in [-0.2, 0) is 42.2 Å². The van der Waals surface area contributed by atoms with Crippen molar-refractivity contribution in [2.75, 3.05) is 112 Å². The molecular weight excluding hydrogens is 1190 g/mol. The third-order valence-corrected chi connectivity index (χ3v) is 20.1. The van der Waals surface area contributed by atoms with Crippen LogP contribution in [0.3, 0.4) is 0 Å². The molecule has 5 aliphatic heterocycles. The summed E-state index contributed by atoms with van der Waals surface area (Å²) in [6.45, 7) is 48.0. The molecule has 0 spiro atoms. The maximum atomic E-state index is 14.3. The van der Waals surface area contributed by atoms with Gasteiger partial charge in [-0.1, -0.05) is 96.0 Å². The van der Waals surface area contributed by atoms with E-state index in [2.05, 4.69) is 110 Å². The number of amides is 3. The Labute approximate surface area is 561 Å². The highest BCUT2D eigenvalue weighted by atomic mass is 19.1. The minimum Gasteiger partial charge on any atom is -0.342 e. The van der Waals surface area contributed by atoms with Crippen LogP contribution >= 0.6 is 0 Å². The van der Waals surface area contributed by atoms with Gasteiger partial charge in [-0.3, -0.25) is 38.6 Å². The number of nitrogens with one attached hydrogen (secondary N) is 3. The van der Waals surface area contributed by atoms with E-state index >= 15 is 0 Å². The largest absolute Gasteiger partial charge is 0.342 e.